The zero-order chi connectivity index (χ0) is 14.4. The summed E-state index contributed by atoms with van der Waals surface area (Å²) in [7, 11) is 0. The lowest BCUT2D eigenvalue weighted by atomic mass is 9.96. The molecule has 5 nitrogen and oxygen atoms in total. The number of aromatic nitrogens is 1. The fraction of sp³-hybridized carbons (Fsp3) is 0.600. The fourth-order valence-corrected chi connectivity index (χ4v) is 2.58. The molecule has 2 rings (SSSR count). The quantitative estimate of drug-likeness (QED) is 0.862. The van der Waals surface area contributed by atoms with Crippen LogP contribution in [0.25, 0.3) is 0 Å². The zero-order valence-electron chi connectivity index (χ0n) is 12.4. The van der Waals surface area contributed by atoms with Gasteiger partial charge < -0.3 is 15.5 Å². The number of amides is 1. The normalized spacial score (nSPS) is 16.0. The van der Waals surface area contributed by atoms with Crippen LogP contribution in [0.3, 0.4) is 0 Å². The van der Waals surface area contributed by atoms with E-state index in [0.717, 1.165) is 44.8 Å². The monoisotopic (exact) mass is 276 g/mol. The van der Waals surface area contributed by atoms with Crippen molar-refractivity contribution in [3.05, 3.63) is 18.3 Å². The molecule has 1 fully saturated rings. The lowest BCUT2D eigenvalue weighted by molar-refractivity contribution is -0.119. The van der Waals surface area contributed by atoms with Crippen LogP contribution >= 0.6 is 0 Å². The third-order valence-corrected chi connectivity index (χ3v) is 3.72. The van der Waals surface area contributed by atoms with Crippen LogP contribution in [0.5, 0.6) is 0 Å². The molecule has 1 aromatic rings. The molecule has 0 radical (unpaired) electrons. The number of nitrogens with zero attached hydrogens (tertiary/aromatic N) is 2. The number of anilines is 2. The molecule has 0 atom stereocenters. The van der Waals surface area contributed by atoms with Gasteiger partial charge >= 0.3 is 0 Å². The minimum atomic E-state index is 0.0665. The summed E-state index contributed by atoms with van der Waals surface area (Å²) in [6.45, 7) is 7.42. The van der Waals surface area contributed by atoms with Gasteiger partial charge in [-0.3, -0.25) is 4.79 Å². The van der Waals surface area contributed by atoms with Gasteiger partial charge in [0.15, 0.2) is 0 Å². The van der Waals surface area contributed by atoms with Crippen LogP contribution in [0.1, 0.15) is 26.7 Å². The van der Waals surface area contributed by atoms with Gasteiger partial charge in [0.25, 0.3) is 0 Å². The van der Waals surface area contributed by atoms with E-state index in [1.54, 1.807) is 6.92 Å². The predicted molar refractivity (Wildman–Crippen MR) is 82.0 cm³/mol. The average molecular weight is 276 g/mol. The van der Waals surface area contributed by atoms with Gasteiger partial charge in [0, 0.05) is 51.1 Å². The zero-order valence-corrected chi connectivity index (χ0v) is 12.4. The molecule has 0 saturated carbocycles. The number of pyridine rings is 1. The van der Waals surface area contributed by atoms with E-state index in [0.29, 0.717) is 5.92 Å². The van der Waals surface area contributed by atoms with Crippen LogP contribution in [0.15, 0.2) is 18.3 Å². The van der Waals surface area contributed by atoms with E-state index in [1.165, 1.54) is 5.69 Å². The Morgan fingerprint density at radius 1 is 1.45 bits per heavy atom. The maximum atomic E-state index is 10.9. The van der Waals surface area contributed by atoms with Crippen LogP contribution in [0, 0.1) is 5.92 Å². The molecular formula is C15H24N4O. The first-order valence-corrected chi connectivity index (χ1v) is 7.38. The summed E-state index contributed by atoms with van der Waals surface area (Å²) >= 11 is 0. The Morgan fingerprint density at radius 3 is 2.85 bits per heavy atom. The van der Waals surface area contributed by atoms with E-state index < -0.39 is 0 Å². The van der Waals surface area contributed by atoms with Gasteiger partial charge in [0.05, 0.1) is 0 Å². The van der Waals surface area contributed by atoms with Crippen molar-refractivity contribution < 1.29 is 4.79 Å². The molecule has 2 N–H and O–H groups in total. The summed E-state index contributed by atoms with van der Waals surface area (Å²) in [5, 5.41) is 6.16. The Kier molecular flexibility index (Phi) is 5.21. The Balaban J connectivity index is 1.86. The molecule has 1 aliphatic rings. The number of hydrogen-bond donors (Lipinski definition) is 2. The summed E-state index contributed by atoms with van der Waals surface area (Å²) in [4.78, 5) is 17.6. The molecule has 110 valence electrons. The first-order chi connectivity index (χ1) is 9.69. The molecule has 0 aromatic carbocycles. The second kappa shape index (κ2) is 7.12. The summed E-state index contributed by atoms with van der Waals surface area (Å²) in [6, 6.07) is 4.17. The number of rotatable bonds is 5. The summed E-state index contributed by atoms with van der Waals surface area (Å²) in [5.41, 5.74) is 1.23. The van der Waals surface area contributed by atoms with E-state index in [9.17, 15) is 4.79 Å². The van der Waals surface area contributed by atoms with Crippen LogP contribution in [-0.4, -0.2) is 37.1 Å². The van der Waals surface area contributed by atoms with E-state index >= 15 is 0 Å². The van der Waals surface area contributed by atoms with Gasteiger partial charge in [-0.2, -0.15) is 0 Å². The predicted octanol–water partition coefficient (Wildman–Crippen LogP) is 1.87. The minimum Gasteiger partial charge on any atom is -0.371 e. The molecule has 0 spiro atoms. The molecule has 0 bridgehead atoms. The van der Waals surface area contributed by atoms with Crippen molar-refractivity contribution in [2.45, 2.75) is 26.7 Å². The summed E-state index contributed by atoms with van der Waals surface area (Å²) in [6.07, 6.45) is 4.11. The molecular weight excluding hydrogens is 252 g/mol. The van der Waals surface area contributed by atoms with Gasteiger partial charge in [-0.05, 0) is 31.7 Å². The third kappa shape index (κ3) is 4.11. The van der Waals surface area contributed by atoms with E-state index in [2.05, 4.69) is 39.6 Å². The fourth-order valence-electron chi connectivity index (χ4n) is 2.58. The number of carbonyl (C=O) groups is 1. The number of hydrogen-bond acceptors (Lipinski definition) is 4. The maximum Gasteiger partial charge on any atom is 0.216 e. The Morgan fingerprint density at radius 2 is 2.20 bits per heavy atom. The van der Waals surface area contributed by atoms with Gasteiger partial charge in [-0.1, -0.05) is 0 Å². The molecule has 20 heavy (non-hydrogen) atoms. The summed E-state index contributed by atoms with van der Waals surface area (Å²) in [5.74, 6) is 1.60. The number of piperidine rings is 1. The summed E-state index contributed by atoms with van der Waals surface area (Å²) < 4.78 is 0. The molecule has 2 heterocycles. The lowest BCUT2D eigenvalue weighted by Crippen LogP contribution is -2.38. The van der Waals surface area contributed by atoms with Gasteiger partial charge in [0.2, 0.25) is 5.91 Å². The highest BCUT2D eigenvalue weighted by Gasteiger charge is 2.19. The SMILES string of the molecule is CCNc1cc(N2CCC(CNC(C)=O)CC2)ccn1. The van der Waals surface area contributed by atoms with Crippen molar-refractivity contribution >= 4 is 17.4 Å². The molecule has 1 aromatic heterocycles. The Labute approximate surface area is 120 Å². The molecule has 1 aliphatic heterocycles. The van der Waals surface area contributed by atoms with Gasteiger partial charge in [-0.25, -0.2) is 4.98 Å². The molecule has 5 heteroatoms. The molecule has 1 amide bonds. The van der Waals surface area contributed by atoms with Crippen molar-refractivity contribution in [1.29, 1.82) is 0 Å². The lowest BCUT2D eigenvalue weighted by Gasteiger charge is -2.33. The van der Waals surface area contributed by atoms with Crippen molar-refractivity contribution in [3.63, 3.8) is 0 Å². The van der Waals surface area contributed by atoms with Crippen LogP contribution in [-0.2, 0) is 4.79 Å². The standard InChI is InChI=1S/C15H24N4O/c1-3-16-15-10-14(4-7-17-15)19-8-5-13(6-9-19)11-18-12(2)20/h4,7,10,13H,3,5-6,8-9,11H2,1-2H3,(H,16,17)(H,18,20). The average Bonchev–Trinajstić information content (AvgIpc) is 2.46. The van der Waals surface area contributed by atoms with Crippen molar-refractivity contribution in [1.82, 2.24) is 10.3 Å². The van der Waals surface area contributed by atoms with Gasteiger partial charge in [0.1, 0.15) is 5.82 Å². The van der Waals surface area contributed by atoms with Crippen LogP contribution < -0.4 is 15.5 Å². The minimum absolute atomic E-state index is 0.0665. The number of nitrogens with one attached hydrogen (secondary N) is 2. The first kappa shape index (κ1) is 14.6. The number of carbonyl (C=O) groups excluding carboxylic acids is 1. The largest absolute Gasteiger partial charge is 0.371 e. The van der Waals surface area contributed by atoms with E-state index in [4.69, 9.17) is 0 Å². The Bertz CT molecular complexity index is 441. The molecule has 1 saturated heterocycles. The van der Waals surface area contributed by atoms with Gasteiger partial charge in [-0.15, -0.1) is 0 Å². The second-order valence-electron chi connectivity index (χ2n) is 5.30. The highest BCUT2D eigenvalue weighted by molar-refractivity contribution is 5.72. The van der Waals surface area contributed by atoms with Crippen LogP contribution in [0.4, 0.5) is 11.5 Å². The second-order valence-corrected chi connectivity index (χ2v) is 5.30. The van der Waals surface area contributed by atoms with Crippen LogP contribution in [0.2, 0.25) is 0 Å². The van der Waals surface area contributed by atoms with Crippen molar-refractivity contribution in [2.75, 3.05) is 36.4 Å². The highest BCUT2D eigenvalue weighted by Crippen LogP contribution is 2.24. The molecule has 0 aliphatic carbocycles. The molecule has 0 unspecified atom stereocenters. The first-order valence-electron chi connectivity index (χ1n) is 7.38. The van der Waals surface area contributed by atoms with E-state index in [-0.39, 0.29) is 5.91 Å². The highest BCUT2D eigenvalue weighted by atomic mass is 16.1. The Hall–Kier alpha value is -1.78. The third-order valence-electron chi connectivity index (χ3n) is 3.72. The van der Waals surface area contributed by atoms with E-state index in [1.807, 2.05) is 6.20 Å². The maximum absolute atomic E-state index is 10.9. The van der Waals surface area contributed by atoms with Crippen molar-refractivity contribution in [3.8, 4) is 0 Å². The smallest absolute Gasteiger partial charge is 0.216 e. The topological polar surface area (TPSA) is 57.3 Å². The van der Waals surface area contributed by atoms with Crippen molar-refractivity contribution in [2.24, 2.45) is 5.92 Å².